The van der Waals surface area contributed by atoms with Crippen molar-refractivity contribution in [2.45, 2.75) is 77.2 Å². The molecule has 0 unspecified atom stereocenters. The second kappa shape index (κ2) is 6.39. The smallest absolute Gasteiger partial charge is 0.410 e. The van der Waals surface area contributed by atoms with Crippen molar-refractivity contribution in [3.8, 4) is 0 Å². The normalized spacial score (nSPS) is 27.9. The molecular formula is C18H28N4O2. The molecular weight excluding hydrogens is 304 g/mol. The second-order valence-corrected chi connectivity index (χ2v) is 7.53. The van der Waals surface area contributed by atoms with Crippen molar-refractivity contribution >= 4 is 6.09 Å². The SMILES string of the molecule is CCCn1cc(CN2C[C@H]3OC(=O)N(C4CCCC4)[C@H]3C2)c(C)n1. The molecule has 1 saturated carbocycles. The first-order valence-corrected chi connectivity index (χ1v) is 9.40. The lowest BCUT2D eigenvalue weighted by Crippen LogP contribution is -2.43. The molecule has 1 amide bonds. The zero-order chi connectivity index (χ0) is 16.7. The molecule has 0 spiro atoms. The molecule has 3 aliphatic rings. The maximum absolute atomic E-state index is 12.2. The number of likely N-dealkylation sites (tertiary alicyclic amines) is 1. The summed E-state index contributed by atoms with van der Waals surface area (Å²) in [7, 11) is 0. The highest BCUT2D eigenvalue weighted by Crippen LogP contribution is 2.34. The van der Waals surface area contributed by atoms with Gasteiger partial charge in [0.05, 0.1) is 11.7 Å². The number of rotatable bonds is 5. The molecule has 1 aromatic rings. The standard InChI is InChI=1S/C18H28N4O2/c1-3-8-21-10-14(13(2)19-21)9-20-11-16-17(12-20)24-18(23)22(16)15-6-4-5-7-15/h10,15-17H,3-9,11-12H2,1-2H3/t16-,17+/m0/s1. The quantitative estimate of drug-likeness (QED) is 0.831. The third-order valence-electron chi connectivity index (χ3n) is 5.75. The fraction of sp³-hybridized carbons (Fsp3) is 0.778. The van der Waals surface area contributed by atoms with E-state index >= 15 is 0 Å². The summed E-state index contributed by atoms with van der Waals surface area (Å²) >= 11 is 0. The van der Waals surface area contributed by atoms with Gasteiger partial charge in [-0.2, -0.15) is 5.10 Å². The average molecular weight is 332 g/mol. The predicted molar refractivity (Wildman–Crippen MR) is 90.7 cm³/mol. The molecule has 0 bridgehead atoms. The van der Waals surface area contributed by atoms with Gasteiger partial charge in [0, 0.05) is 44.0 Å². The van der Waals surface area contributed by atoms with Gasteiger partial charge in [-0.15, -0.1) is 0 Å². The van der Waals surface area contributed by atoms with Crippen molar-refractivity contribution in [3.05, 3.63) is 17.5 Å². The topological polar surface area (TPSA) is 50.6 Å². The highest BCUT2D eigenvalue weighted by molar-refractivity contribution is 5.71. The van der Waals surface area contributed by atoms with Crippen molar-refractivity contribution in [1.82, 2.24) is 19.6 Å². The molecule has 0 aromatic carbocycles. The molecule has 1 aromatic heterocycles. The van der Waals surface area contributed by atoms with E-state index in [0.29, 0.717) is 6.04 Å². The van der Waals surface area contributed by atoms with Crippen LogP contribution in [0.1, 0.15) is 50.3 Å². The predicted octanol–water partition coefficient (Wildman–Crippen LogP) is 2.55. The van der Waals surface area contributed by atoms with Crippen molar-refractivity contribution in [1.29, 1.82) is 0 Å². The van der Waals surface area contributed by atoms with Gasteiger partial charge in [0.25, 0.3) is 0 Å². The molecule has 0 N–H and O–H groups in total. The second-order valence-electron chi connectivity index (χ2n) is 7.53. The fourth-order valence-electron chi connectivity index (χ4n) is 4.57. The van der Waals surface area contributed by atoms with Crippen LogP contribution in [0.2, 0.25) is 0 Å². The number of hydrogen-bond acceptors (Lipinski definition) is 4. The Kier molecular flexibility index (Phi) is 4.24. The highest BCUT2D eigenvalue weighted by atomic mass is 16.6. The van der Waals surface area contributed by atoms with Crippen LogP contribution in [0.3, 0.4) is 0 Å². The molecule has 2 atom stereocenters. The van der Waals surface area contributed by atoms with Crippen LogP contribution in [0.4, 0.5) is 4.79 Å². The Morgan fingerprint density at radius 1 is 1.29 bits per heavy atom. The first-order valence-electron chi connectivity index (χ1n) is 9.40. The number of fused-ring (bicyclic) bond motifs is 1. The fourth-order valence-corrected chi connectivity index (χ4v) is 4.57. The van der Waals surface area contributed by atoms with E-state index < -0.39 is 0 Å². The summed E-state index contributed by atoms with van der Waals surface area (Å²) in [5, 5.41) is 4.60. The minimum Gasteiger partial charge on any atom is -0.442 e. The summed E-state index contributed by atoms with van der Waals surface area (Å²) in [6.07, 6.45) is 8.00. The van der Waals surface area contributed by atoms with Gasteiger partial charge < -0.3 is 4.74 Å². The third-order valence-corrected chi connectivity index (χ3v) is 5.75. The molecule has 24 heavy (non-hydrogen) atoms. The van der Waals surface area contributed by atoms with E-state index in [1.807, 2.05) is 4.68 Å². The van der Waals surface area contributed by atoms with Gasteiger partial charge in [0.2, 0.25) is 0 Å². The number of aryl methyl sites for hydroxylation is 2. The molecule has 6 heteroatoms. The van der Waals surface area contributed by atoms with Crippen LogP contribution in [-0.4, -0.2) is 57.0 Å². The zero-order valence-electron chi connectivity index (χ0n) is 14.8. The molecule has 132 valence electrons. The molecule has 3 fully saturated rings. The van der Waals surface area contributed by atoms with E-state index in [4.69, 9.17) is 4.74 Å². The molecule has 2 saturated heterocycles. The highest BCUT2D eigenvalue weighted by Gasteiger charge is 2.50. The van der Waals surface area contributed by atoms with Gasteiger partial charge in [-0.05, 0) is 26.2 Å². The maximum atomic E-state index is 12.2. The summed E-state index contributed by atoms with van der Waals surface area (Å²) in [6.45, 7) is 7.90. The van der Waals surface area contributed by atoms with Crippen molar-refractivity contribution in [3.63, 3.8) is 0 Å². The van der Waals surface area contributed by atoms with Crippen LogP contribution in [0, 0.1) is 6.92 Å². The molecule has 0 radical (unpaired) electrons. The van der Waals surface area contributed by atoms with Crippen molar-refractivity contribution in [2.24, 2.45) is 0 Å². The van der Waals surface area contributed by atoms with E-state index in [0.717, 1.165) is 51.1 Å². The van der Waals surface area contributed by atoms with Crippen LogP contribution in [0.5, 0.6) is 0 Å². The van der Waals surface area contributed by atoms with E-state index in [9.17, 15) is 4.79 Å². The number of aromatic nitrogens is 2. The summed E-state index contributed by atoms with van der Waals surface area (Å²) in [5.41, 5.74) is 2.41. The Labute approximate surface area is 143 Å². The summed E-state index contributed by atoms with van der Waals surface area (Å²) in [5.74, 6) is 0. The van der Waals surface area contributed by atoms with E-state index in [1.165, 1.54) is 18.4 Å². The van der Waals surface area contributed by atoms with E-state index in [-0.39, 0.29) is 18.2 Å². The summed E-state index contributed by atoms with van der Waals surface area (Å²) < 4.78 is 7.72. The molecule has 4 rings (SSSR count). The van der Waals surface area contributed by atoms with E-state index in [1.54, 1.807) is 0 Å². The van der Waals surface area contributed by atoms with Crippen molar-refractivity contribution < 1.29 is 9.53 Å². The first-order chi connectivity index (χ1) is 11.7. The van der Waals surface area contributed by atoms with Gasteiger partial charge in [0.15, 0.2) is 0 Å². The average Bonchev–Trinajstić information content (AvgIpc) is 3.27. The number of amides is 1. The van der Waals surface area contributed by atoms with Gasteiger partial charge in [0.1, 0.15) is 6.10 Å². The van der Waals surface area contributed by atoms with Crippen molar-refractivity contribution in [2.75, 3.05) is 13.1 Å². The minimum atomic E-state index is -0.0801. The van der Waals surface area contributed by atoms with Gasteiger partial charge in [-0.1, -0.05) is 19.8 Å². The number of nitrogens with zero attached hydrogens (tertiary/aromatic N) is 4. The van der Waals surface area contributed by atoms with Crippen LogP contribution >= 0.6 is 0 Å². The lowest BCUT2D eigenvalue weighted by molar-refractivity contribution is 0.113. The van der Waals surface area contributed by atoms with Crippen LogP contribution in [-0.2, 0) is 17.8 Å². The van der Waals surface area contributed by atoms with Crippen LogP contribution in [0.25, 0.3) is 0 Å². The molecule has 6 nitrogen and oxygen atoms in total. The Morgan fingerprint density at radius 3 is 2.83 bits per heavy atom. The van der Waals surface area contributed by atoms with Gasteiger partial charge >= 0.3 is 6.09 Å². The number of hydrogen-bond donors (Lipinski definition) is 0. The Balaban J connectivity index is 1.42. The zero-order valence-corrected chi connectivity index (χ0v) is 14.8. The molecule has 1 aliphatic carbocycles. The maximum Gasteiger partial charge on any atom is 0.410 e. The Hall–Kier alpha value is -1.56. The number of carbonyl (C=O) groups excluding carboxylic acids is 1. The lowest BCUT2D eigenvalue weighted by atomic mass is 10.1. The monoisotopic (exact) mass is 332 g/mol. The van der Waals surface area contributed by atoms with Gasteiger partial charge in [-0.25, -0.2) is 4.79 Å². The minimum absolute atomic E-state index is 0.0455. The number of carbonyl (C=O) groups is 1. The van der Waals surface area contributed by atoms with Crippen LogP contribution < -0.4 is 0 Å². The molecule has 3 heterocycles. The largest absolute Gasteiger partial charge is 0.442 e. The Bertz CT molecular complexity index is 608. The molecule has 2 aliphatic heterocycles. The van der Waals surface area contributed by atoms with Crippen LogP contribution in [0.15, 0.2) is 6.20 Å². The lowest BCUT2D eigenvalue weighted by Gasteiger charge is -2.27. The van der Waals surface area contributed by atoms with Gasteiger partial charge in [-0.3, -0.25) is 14.5 Å². The number of ether oxygens (including phenoxy) is 1. The summed E-state index contributed by atoms with van der Waals surface area (Å²) in [6, 6.07) is 0.646. The summed E-state index contributed by atoms with van der Waals surface area (Å²) in [4.78, 5) is 16.7. The first kappa shape index (κ1) is 15.9. The Morgan fingerprint density at radius 2 is 2.08 bits per heavy atom. The third kappa shape index (κ3) is 2.81. The van der Waals surface area contributed by atoms with E-state index in [2.05, 4.69) is 34.9 Å².